The van der Waals surface area contributed by atoms with Crippen molar-refractivity contribution in [2.24, 2.45) is 19.9 Å². The lowest BCUT2D eigenvalue weighted by molar-refractivity contribution is 0.595. The molecule has 6 nitrogen and oxygen atoms in total. The summed E-state index contributed by atoms with van der Waals surface area (Å²) in [6.45, 7) is 1.88. The van der Waals surface area contributed by atoms with E-state index >= 15 is 0 Å². The first-order valence-electron chi connectivity index (χ1n) is 7.84. The second-order valence-corrected chi connectivity index (χ2v) is 7.11. The van der Waals surface area contributed by atoms with Crippen LogP contribution in [0.15, 0.2) is 104 Å². The first-order valence-corrected chi connectivity index (χ1v) is 9.28. The Kier molecular flexibility index (Phi) is 5.28. The lowest BCUT2D eigenvalue weighted by atomic mass is 10.2. The van der Waals surface area contributed by atoms with Crippen LogP contribution in [0.1, 0.15) is 5.56 Å². The van der Waals surface area contributed by atoms with Crippen LogP contribution in [0.3, 0.4) is 0 Å². The molecule has 0 amide bonds. The molecule has 0 fully saturated rings. The molecule has 0 aliphatic rings. The average Bonchev–Trinajstić information content (AvgIpc) is 2.67. The standard InChI is InChI=1S/C19H16N4O2S/c1-15-7-13-19(14-8-15)26(24,25)23-22-18-11-9-17(10-12-18)21-20-16-5-3-2-4-6-16/h2-14H,1H3/b21-20+,23-22+. The lowest BCUT2D eigenvalue weighted by Crippen LogP contribution is -1.95. The molecule has 0 saturated carbocycles. The van der Waals surface area contributed by atoms with Crippen molar-refractivity contribution in [3.8, 4) is 0 Å². The Morgan fingerprint density at radius 3 is 1.69 bits per heavy atom. The molecule has 0 aliphatic heterocycles. The van der Waals surface area contributed by atoms with Crippen molar-refractivity contribution in [1.82, 2.24) is 0 Å². The smallest absolute Gasteiger partial charge is 0.198 e. The number of hydrogen-bond donors (Lipinski definition) is 0. The molecule has 0 saturated heterocycles. The van der Waals surface area contributed by atoms with Crippen molar-refractivity contribution in [3.63, 3.8) is 0 Å². The molecule has 0 atom stereocenters. The molecule has 0 aromatic heterocycles. The zero-order valence-electron chi connectivity index (χ0n) is 14.0. The van der Waals surface area contributed by atoms with Crippen LogP contribution in [0, 0.1) is 6.92 Å². The number of benzene rings is 3. The first-order chi connectivity index (χ1) is 12.5. The Hall–Kier alpha value is -3.19. The second-order valence-electron chi connectivity index (χ2n) is 5.52. The van der Waals surface area contributed by atoms with E-state index < -0.39 is 10.0 Å². The van der Waals surface area contributed by atoms with E-state index in [-0.39, 0.29) is 4.90 Å². The molecule has 0 unspecified atom stereocenters. The quantitative estimate of drug-likeness (QED) is 0.529. The molecule has 7 heteroatoms. The van der Waals surface area contributed by atoms with Gasteiger partial charge in [0.15, 0.2) is 0 Å². The van der Waals surface area contributed by atoms with Gasteiger partial charge in [-0.05, 0) is 55.5 Å². The third-order valence-corrected chi connectivity index (χ3v) is 4.63. The van der Waals surface area contributed by atoms with Gasteiger partial charge in [0, 0.05) is 0 Å². The maximum atomic E-state index is 12.1. The average molecular weight is 364 g/mol. The highest BCUT2D eigenvalue weighted by Gasteiger charge is 2.12. The fourth-order valence-electron chi connectivity index (χ4n) is 2.05. The van der Waals surface area contributed by atoms with Crippen molar-refractivity contribution in [1.29, 1.82) is 0 Å². The summed E-state index contributed by atoms with van der Waals surface area (Å²) in [5.74, 6) is 0. The van der Waals surface area contributed by atoms with E-state index in [0.29, 0.717) is 11.4 Å². The minimum absolute atomic E-state index is 0.111. The first kappa shape index (κ1) is 17.6. The summed E-state index contributed by atoms with van der Waals surface area (Å²) in [6, 6.07) is 22.5. The molecule has 0 radical (unpaired) electrons. The highest BCUT2D eigenvalue weighted by Crippen LogP contribution is 2.23. The molecule has 0 spiro atoms. The molecule has 3 aromatic rings. The third kappa shape index (κ3) is 4.67. The predicted molar refractivity (Wildman–Crippen MR) is 99.9 cm³/mol. The molecule has 26 heavy (non-hydrogen) atoms. The number of aryl methyl sites for hydroxylation is 1. The van der Waals surface area contributed by atoms with E-state index in [1.54, 1.807) is 36.4 Å². The van der Waals surface area contributed by atoms with Gasteiger partial charge >= 0.3 is 0 Å². The molecule has 0 aliphatic carbocycles. The fourth-order valence-corrected chi connectivity index (χ4v) is 2.83. The number of sulfonamides is 1. The molecule has 0 bridgehead atoms. The SMILES string of the molecule is Cc1ccc(S(=O)(=O)/N=N/c2ccc(/N=N/c3ccccc3)cc2)cc1. The van der Waals surface area contributed by atoms with Crippen LogP contribution in [0.4, 0.5) is 17.1 Å². The minimum Gasteiger partial charge on any atom is -0.198 e. The van der Waals surface area contributed by atoms with E-state index in [1.165, 1.54) is 12.1 Å². The molecule has 130 valence electrons. The Morgan fingerprint density at radius 1 is 0.615 bits per heavy atom. The summed E-state index contributed by atoms with van der Waals surface area (Å²) in [6.07, 6.45) is 0. The number of nitrogens with zero attached hydrogens (tertiary/aromatic N) is 4. The maximum Gasteiger partial charge on any atom is 0.299 e. The Labute approximate surface area is 152 Å². The largest absolute Gasteiger partial charge is 0.299 e. The van der Waals surface area contributed by atoms with Crippen LogP contribution < -0.4 is 0 Å². The monoisotopic (exact) mass is 364 g/mol. The Bertz CT molecular complexity index is 1030. The van der Waals surface area contributed by atoms with Crippen LogP contribution in [0.5, 0.6) is 0 Å². The Balaban J connectivity index is 1.71. The Morgan fingerprint density at radius 2 is 1.12 bits per heavy atom. The van der Waals surface area contributed by atoms with Gasteiger partial charge in [0.2, 0.25) is 0 Å². The van der Waals surface area contributed by atoms with Crippen molar-refractivity contribution in [2.45, 2.75) is 11.8 Å². The second kappa shape index (κ2) is 7.79. The number of azo groups is 1. The molecule has 0 N–H and O–H groups in total. The number of rotatable bonds is 5. The van der Waals surface area contributed by atoms with E-state index in [2.05, 4.69) is 19.9 Å². The summed E-state index contributed by atoms with van der Waals surface area (Å²) in [5.41, 5.74) is 2.77. The zero-order chi connectivity index (χ0) is 18.4. The van der Waals surface area contributed by atoms with Gasteiger partial charge in [-0.15, -0.1) is 5.11 Å². The van der Waals surface area contributed by atoms with Gasteiger partial charge in [-0.2, -0.15) is 18.6 Å². The molecular weight excluding hydrogens is 348 g/mol. The highest BCUT2D eigenvalue weighted by atomic mass is 32.2. The van der Waals surface area contributed by atoms with Crippen LogP contribution in [0.25, 0.3) is 0 Å². The molecule has 3 rings (SSSR count). The van der Waals surface area contributed by atoms with Crippen LogP contribution in [0.2, 0.25) is 0 Å². The summed E-state index contributed by atoms with van der Waals surface area (Å²) >= 11 is 0. The van der Waals surface area contributed by atoms with E-state index in [0.717, 1.165) is 11.3 Å². The van der Waals surface area contributed by atoms with E-state index in [1.807, 2.05) is 37.3 Å². The molecule has 3 aromatic carbocycles. The van der Waals surface area contributed by atoms with Crippen LogP contribution in [-0.4, -0.2) is 8.42 Å². The number of hydrogen-bond acceptors (Lipinski definition) is 5. The minimum atomic E-state index is -3.82. The van der Waals surface area contributed by atoms with Crippen molar-refractivity contribution < 1.29 is 8.42 Å². The summed E-state index contributed by atoms with van der Waals surface area (Å²) in [5, 5.41) is 12.0. The van der Waals surface area contributed by atoms with Gasteiger partial charge in [0.05, 0.1) is 22.0 Å². The molecular formula is C19H16N4O2S. The van der Waals surface area contributed by atoms with Crippen molar-refractivity contribution in [3.05, 3.63) is 84.4 Å². The van der Waals surface area contributed by atoms with E-state index in [4.69, 9.17) is 0 Å². The maximum absolute atomic E-state index is 12.1. The van der Waals surface area contributed by atoms with E-state index in [9.17, 15) is 8.42 Å². The van der Waals surface area contributed by atoms with Crippen LogP contribution in [-0.2, 0) is 10.0 Å². The fraction of sp³-hybridized carbons (Fsp3) is 0.0526. The summed E-state index contributed by atoms with van der Waals surface area (Å²) in [7, 11) is -3.82. The van der Waals surface area contributed by atoms with Gasteiger partial charge < -0.3 is 0 Å². The van der Waals surface area contributed by atoms with Crippen LogP contribution >= 0.6 is 0 Å². The summed E-state index contributed by atoms with van der Waals surface area (Å²) < 4.78 is 27.8. The third-order valence-electron chi connectivity index (χ3n) is 3.47. The van der Waals surface area contributed by atoms with Gasteiger partial charge in [-0.3, -0.25) is 0 Å². The van der Waals surface area contributed by atoms with Gasteiger partial charge in [-0.1, -0.05) is 40.4 Å². The predicted octanol–water partition coefficient (Wildman–Crippen LogP) is 5.88. The normalized spacial score (nSPS) is 12.0. The summed E-state index contributed by atoms with van der Waals surface area (Å²) in [4.78, 5) is 0.111. The van der Waals surface area contributed by atoms with Gasteiger partial charge in [0.25, 0.3) is 10.0 Å². The topological polar surface area (TPSA) is 83.6 Å². The van der Waals surface area contributed by atoms with Gasteiger partial charge in [0.1, 0.15) is 0 Å². The van der Waals surface area contributed by atoms with Crippen molar-refractivity contribution >= 4 is 27.1 Å². The lowest BCUT2D eigenvalue weighted by Gasteiger charge is -1.98. The molecule has 0 heterocycles. The van der Waals surface area contributed by atoms with Gasteiger partial charge in [-0.25, -0.2) is 0 Å². The van der Waals surface area contributed by atoms with Crippen molar-refractivity contribution in [2.75, 3.05) is 0 Å². The zero-order valence-corrected chi connectivity index (χ0v) is 14.8. The highest BCUT2D eigenvalue weighted by molar-refractivity contribution is 7.90.